The molecule has 36 heavy (non-hydrogen) atoms. The summed E-state index contributed by atoms with van der Waals surface area (Å²) in [6, 6.07) is 11.8. The normalized spacial score (nSPS) is 17.4. The second kappa shape index (κ2) is 12.5. The number of non-ortho nitro benzene ring substituents is 2. The van der Waals surface area contributed by atoms with E-state index in [9.17, 15) is 24.8 Å². The third-order valence-corrected chi connectivity index (χ3v) is 7.72. The van der Waals surface area contributed by atoms with Crippen molar-refractivity contribution in [2.75, 3.05) is 0 Å². The van der Waals surface area contributed by atoms with Gasteiger partial charge in [0.1, 0.15) is 0 Å². The lowest BCUT2D eigenvalue weighted by Gasteiger charge is -2.38. The number of nitrogens with zero attached hydrogens (tertiary/aromatic N) is 2. The van der Waals surface area contributed by atoms with E-state index in [4.69, 9.17) is 20.5 Å². The van der Waals surface area contributed by atoms with Crippen molar-refractivity contribution in [3.8, 4) is 0 Å². The van der Waals surface area contributed by atoms with E-state index < -0.39 is 41.4 Å². The Hall–Kier alpha value is -2.69. The van der Waals surface area contributed by atoms with Crippen molar-refractivity contribution in [2.45, 2.75) is 76.7 Å². The summed E-state index contributed by atoms with van der Waals surface area (Å²) in [7, 11) is -3.08. The quantitative estimate of drug-likeness (QED) is 0.189. The van der Waals surface area contributed by atoms with Gasteiger partial charge in [0.15, 0.2) is 0 Å². The summed E-state index contributed by atoms with van der Waals surface area (Å²) in [5.41, 5.74) is 12.4. The molecule has 198 valence electrons. The van der Waals surface area contributed by atoms with Crippen LogP contribution in [0.5, 0.6) is 0 Å². The predicted molar refractivity (Wildman–Crippen MR) is 138 cm³/mol. The Bertz CT molecular complexity index is 984. The van der Waals surface area contributed by atoms with Crippen molar-refractivity contribution in [3.05, 3.63) is 79.9 Å². The van der Waals surface area contributed by atoms with Crippen molar-refractivity contribution in [1.29, 1.82) is 0 Å². The average molecular weight is 523 g/mol. The van der Waals surface area contributed by atoms with E-state index in [0.717, 1.165) is 0 Å². The summed E-state index contributed by atoms with van der Waals surface area (Å²) in [5, 5.41) is 22.0. The van der Waals surface area contributed by atoms with Gasteiger partial charge in [0.05, 0.1) is 33.1 Å². The van der Waals surface area contributed by atoms with E-state index in [-0.39, 0.29) is 11.4 Å². The van der Waals surface area contributed by atoms with Crippen molar-refractivity contribution in [2.24, 2.45) is 11.5 Å². The number of hydrogen-bond donors (Lipinski definition) is 2. The van der Waals surface area contributed by atoms with E-state index >= 15 is 0 Å². The van der Waals surface area contributed by atoms with Gasteiger partial charge in [0.2, 0.25) is 0 Å². The van der Waals surface area contributed by atoms with Gasteiger partial charge >= 0.3 is 8.25 Å². The van der Waals surface area contributed by atoms with Gasteiger partial charge in [0.25, 0.3) is 11.4 Å². The van der Waals surface area contributed by atoms with E-state index in [2.05, 4.69) is 0 Å². The average Bonchev–Trinajstić information content (AvgIpc) is 2.89. The summed E-state index contributed by atoms with van der Waals surface area (Å²) >= 11 is 0. The van der Waals surface area contributed by atoms with Gasteiger partial charge < -0.3 is 20.5 Å². The molecular weight excluding hydrogens is 487 g/mol. The highest BCUT2D eigenvalue weighted by atomic mass is 31.1. The highest BCUT2D eigenvalue weighted by Crippen LogP contribution is 2.42. The first-order valence-corrected chi connectivity index (χ1v) is 13.1. The van der Waals surface area contributed by atoms with Crippen LogP contribution in [0.1, 0.15) is 64.5 Å². The van der Waals surface area contributed by atoms with Crippen LogP contribution in [0.4, 0.5) is 11.4 Å². The van der Waals surface area contributed by atoms with Crippen LogP contribution in [0.25, 0.3) is 0 Å². The molecule has 0 fully saturated rings. The maximum Gasteiger partial charge on any atom is 0.319 e. The van der Waals surface area contributed by atoms with Crippen LogP contribution in [-0.2, 0) is 24.7 Å². The SMILES string of the molecule is CCC(O[PH](=O)OC(CC)C(N)(CC)c1ccc([N+](=O)[O-])cc1)C(N)(CC)c1ccc([N+](=O)[O-])cc1. The Morgan fingerprint density at radius 2 is 1.06 bits per heavy atom. The third-order valence-electron chi connectivity index (χ3n) is 6.77. The van der Waals surface area contributed by atoms with Crippen LogP contribution in [0.3, 0.4) is 0 Å². The fourth-order valence-electron chi connectivity index (χ4n) is 4.39. The Balaban J connectivity index is 2.25. The molecule has 0 saturated carbocycles. The van der Waals surface area contributed by atoms with Crippen LogP contribution in [0, 0.1) is 20.2 Å². The highest BCUT2D eigenvalue weighted by molar-refractivity contribution is 7.33. The summed E-state index contributed by atoms with van der Waals surface area (Å²) in [5.74, 6) is 0. The molecule has 0 heterocycles. The number of nitrogens with two attached hydrogens (primary N) is 2. The molecule has 0 saturated heterocycles. The lowest BCUT2D eigenvalue weighted by molar-refractivity contribution is -0.385. The fraction of sp³-hybridized carbons (Fsp3) is 0.500. The van der Waals surface area contributed by atoms with E-state index in [0.29, 0.717) is 36.8 Å². The minimum Gasteiger partial charge on any atom is -0.319 e. The topological polar surface area (TPSA) is 174 Å². The van der Waals surface area contributed by atoms with Crippen LogP contribution in [-0.4, -0.2) is 22.1 Å². The smallest absolute Gasteiger partial charge is 0.319 e. The molecule has 4 atom stereocenters. The molecule has 0 aromatic heterocycles. The molecule has 0 aliphatic carbocycles. The monoisotopic (exact) mass is 522 g/mol. The second-order valence-electron chi connectivity index (χ2n) is 8.68. The number of hydrogen-bond acceptors (Lipinski definition) is 9. The number of nitro groups is 2. The minimum absolute atomic E-state index is 0.0565. The lowest BCUT2D eigenvalue weighted by Crippen LogP contribution is -2.49. The first-order chi connectivity index (χ1) is 17.0. The maximum absolute atomic E-state index is 13.1. The van der Waals surface area contributed by atoms with Gasteiger partial charge in [-0.05, 0) is 36.8 Å². The number of nitro benzene ring substituents is 2. The van der Waals surface area contributed by atoms with Crippen molar-refractivity contribution in [1.82, 2.24) is 0 Å². The standard InChI is InChI=1S/C24H35N4O7P/c1-5-21(23(25,7-3)17-9-13-19(14-10-17)27(29)30)34-36(33)35-22(6-2)24(26,8-4)18-11-15-20(16-12-18)28(31)32/h9-16,21-22,36H,5-8,25-26H2,1-4H3. The molecule has 11 nitrogen and oxygen atoms in total. The van der Waals surface area contributed by atoms with Crippen LogP contribution in [0.2, 0.25) is 0 Å². The second-order valence-corrected chi connectivity index (χ2v) is 9.65. The fourth-order valence-corrected chi connectivity index (χ4v) is 5.66. The van der Waals surface area contributed by atoms with E-state index in [1.54, 1.807) is 24.3 Å². The van der Waals surface area contributed by atoms with Crippen molar-refractivity contribution >= 4 is 19.6 Å². The first kappa shape index (κ1) is 29.5. The predicted octanol–water partition coefficient (Wildman–Crippen LogP) is 5.31. The molecule has 2 rings (SSSR count). The third kappa shape index (κ3) is 6.35. The largest absolute Gasteiger partial charge is 0.319 e. The van der Waals surface area contributed by atoms with Gasteiger partial charge in [-0.2, -0.15) is 0 Å². The number of benzene rings is 2. The first-order valence-electron chi connectivity index (χ1n) is 11.9. The van der Waals surface area contributed by atoms with Gasteiger partial charge in [-0.3, -0.25) is 24.8 Å². The molecule has 4 N–H and O–H groups in total. The molecule has 0 amide bonds. The van der Waals surface area contributed by atoms with Gasteiger partial charge in [-0.15, -0.1) is 0 Å². The van der Waals surface area contributed by atoms with Gasteiger partial charge in [0, 0.05) is 24.3 Å². The molecule has 4 unspecified atom stereocenters. The Morgan fingerprint density at radius 3 is 1.28 bits per heavy atom. The molecule has 0 aliphatic rings. The highest BCUT2D eigenvalue weighted by Gasteiger charge is 2.40. The zero-order valence-corrected chi connectivity index (χ0v) is 22.0. The zero-order chi connectivity index (χ0) is 27.1. The van der Waals surface area contributed by atoms with Crippen LogP contribution >= 0.6 is 8.25 Å². The Kier molecular flexibility index (Phi) is 10.3. The Morgan fingerprint density at radius 1 is 0.750 bits per heavy atom. The Labute approximate surface area is 211 Å². The number of rotatable bonds is 14. The molecule has 0 radical (unpaired) electrons. The minimum atomic E-state index is -3.08. The van der Waals surface area contributed by atoms with Crippen molar-refractivity contribution < 1.29 is 23.5 Å². The summed E-state index contributed by atoms with van der Waals surface area (Å²) in [4.78, 5) is 21.0. The van der Waals surface area contributed by atoms with E-state index in [1.165, 1.54) is 24.3 Å². The van der Waals surface area contributed by atoms with Gasteiger partial charge in [-0.25, -0.2) is 0 Å². The van der Waals surface area contributed by atoms with E-state index in [1.807, 2.05) is 27.7 Å². The molecular formula is C24H35N4O7P. The van der Waals surface area contributed by atoms with Gasteiger partial charge in [-0.1, -0.05) is 52.0 Å². The summed E-state index contributed by atoms with van der Waals surface area (Å²) in [6.07, 6.45) is 0.300. The lowest BCUT2D eigenvalue weighted by atomic mass is 9.82. The van der Waals surface area contributed by atoms with Crippen LogP contribution < -0.4 is 11.5 Å². The summed E-state index contributed by atoms with van der Waals surface area (Å²) in [6.45, 7) is 7.40. The summed E-state index contributed by atoms with van der Waals surface area (Å²) < 4.78 is 24.8. The molecule has 0 spiro atoms. The molecule has 2 aromatic carbocycles. The molecule has 0 aliphatic heterocycles. The molecule has 2 aromatic rings. The van der Waals surface area contributed by atoms with Crippen molar-refractivity contribution in [3.63, 3.8) is 0 Å². The van der Waals surface area contributed by atoms with Crippen LogP contribution in [0.15, 0.2) is 48.5 Å². The molecule has 12 heteroatoms. The maximum atomic E-state index is 13.1. The molecule has 0 bridgehead atoms. The zero-order valence-electron chi connectivity index (χ0n) is 21.0.